The number of hydrogen-bond acceptors (Lipinski definition) is 4. The maximum absolute atomic E-state index is 12.4. The molecule has 5 nitrogen and oxygen atoms in total. The van der Waals surface area contributed by atoms with Crippen molar-refractivity contribution in [1.82, 2.24) is 4.90 Å². The van der Waals surface area contributed by atoms with E-state index < -0.39 is 0 Å². The molecule has 1 amide bonds. The van der Waals surface area contributed by atoms with Crippen molar-refractivity contribution in [1.29, 1.82) is 0 Å². The molecule has 116 valence electrons. The standard InChI is InChI=1S/C16H23NO4/c1-3-20-13-10-12(18)16(13)5-7-17(8-6-16)15(19)14-11(2)4-9-21-14/h4,9,12-13,18H,3,5-8,10H2,1-2H3/t12-,13-/m1/s1. The van der Waals surface area contributed by atoms with Crippen molar-refractivity contribution in [2.75, 3.05) is 19.7 Å². The molecule has 2 fully saturated rings. The second-order valence-corrected chi connectivity index (χ2v) is 6.15. The number of carbonyl (C=O) groups is 1. The Morgan fingerprint density at radius 3 is 2.76 bits per heavy atom. The third-order valence-electron chi connectivity index (χ3n) is 5.15. The van der Waals surface area contributed by atoms with Crippen LogP contribution >= 0.6 is 0 Å². The zero-order chi connectivity index (χ0) is 15.0. The molecular weight excluding hydrogens is 270 g/mol. The van der Waals surface area contributed by atoms with E-state index in [2.05, 4.69) is 0 Å². The van der Waals surface area contributed by atoms with E-state index in [1.165, 1.54) is 0 Å². The molecule has 0 radical (unpaired) electrons. The fraction of sp³-hybridized carbons (Fsp3) is 0.688. The molecule has 2 atom stereocenters. The largest absolute Gasteiger partial charge is 0.459 e. The van der Waals surface area contributed by atoms with Gasteiger partial charge in [0.2, 0.25) is 0 Å². The Hall–Kier alpha value is -1.33. The van der Waals surface area contributed by atoms with Gasteiger partial charge in [-0.3, -0.25) is 4.79 Å². The molecule has 21 heavy (non-hydrogen) atoms. The first-order chi connectivity index (χ1) is 10.1. The monoisotopic (exact) mass is 293 g/mol. The number of hydrogen-bond donors (Lipinski definition) is 1. The lowest BCUT2D eigenvalue weighted by atomic mass is 9.58. The SMILES string of the molecule is CCO[C@@H]1C[C@@H](O)C12CCN(C(=O)c1occc1C)CC2. The van der Waals surface area contributed by atoms with Crippen LogP contribution in [0, 0.1) is 12.3 Å². The lowest BCUT2D eigenvalue weighted by Gasteiger charge is -2.56. The van der Waals surface area contributed by atoms with Gasteiger partial charge in [-0.1, -0.05) is 0 Å². The molecule has 1 aromatic heterocycles. The van der Waals surface area contributed by atoms with E-state index in [0.717, 1.165) is 24.8 Å². The summed E-state index contributed by atoms with van der Waals surface area (Å²) in [5, 5.41) is 10.2. The third kappa shape index (κ3) is 2.28. The minimum atomic E-state index is -0.295. The highest BCUT2D eigenvalue weighted by Crippen LogP contribution is 2.51. The van der Waals surface area contributed by atoms with Gasteiger partial charge in [0.05, 0.1) is 18.5 Å². The average molecular weight is 293 g/mol. The maximum Gasteiger partial charge on any atom is 0.289 e. The first-order valence-electron chi connectivity index (χ1n) is 7.71. The molecule has 0 aromatic carbocycles. The molecule has 2 aliphatic rings. The van der Waals surface area contributed by atoms with Crippen molar-refractivity contribution in [3.8, 4) is 0 Å². The number of furan rings is 1. The van der Waals surface area contributed by atoms with Crippen molar-refractivity contribution < 1.29 is 19.1 Å². The van der Waals surface area contributed by atoms with Gasteiger partial charge in [-0.25, -0.2) is 0 Å². The summed E-state index contributed by atoms with van der Waals surface area (Å²) in [5.41, 5.74) is 0.724. The van der Waals surface area contributed by atoms with Crippen LogP contribution in [0.3, 0.4) is 0 Å². The number of rotatable bonds is 3. The van der Waals surface area contributed by atoms with Gasteiger partial charge in [-0.2, -0.15) is 0 Å². The van der Waals surface area contributed by atoms with Crippen LogP contribution in [0.5, 0.6) is 0 Å². The molecule has 5 heteroatoms. The second kappa shape index (κ2) is 5.46. The van der Waals surface area contributed by atoms with Crippen LogP contribution in [0.4, 0.5) is 0 Å². The third-order valence-corrected chi connectivity index (χ3v) is 5.15. The number of aliphatic hydroxyl groups excluding tert-OH is 1. The predicted molar refractivity (Wildman–Crippen MR) is 77.1 cm³/mol. The summed E-state index contributed by atoms with van der Waals surface area (Å²) in [4.78, 5) is 14.3. The number of aryl methyl sites for hydroxylation is 1. The van der Waals surface area contributed by atoms with E-state index in [1.54, 1.807) is 12.3 Å². The molecule has 1 saturated heterocycles. The second-order valence-electron chi connectivity index (χ2n) is 6.15. The minimum absolute atomic E-state index is 0.0471. The summed E-state index contributed by atoms with van der Waals surface area (Å²) in [5.74, 6) is 0.385. The van der Waals surface area contributed by atoms with E-state index in [-0.39, 0.29) is 23.5 Å². The van der Waals surface area contributed by atoms with Gasteiger partial charge >= 0.3 is 0 Å². The lowest BCUT2D eigenvalue weighted by molar-refractivity contribution is -0.207. The first kappa shape index (κ1) is 14.6. The Balaban J connectivity index is 1.65. The smallest absolute Gasteiger partial charge is 0.289 e. The number of amides is 1. The molecule has 1 N–H and O–H groups in total. The highest BCUT2D eigenvalue weighted by atomic mass is 16.5. The number of piperidine rings is 1. The Kier molecular flexibility index (Phi) is 3.80. The van der Waals surface area contributed by atoms with Gasteiger partial charge in [0.1, 0.15) is 0 Å². The van der Waals surface area contributed by atoms with Crippen LogP contribution in [0.25, 0.3) is 0 Å². The molecular formula is C16H23NO4. The van der Waals surface area contributed by atoms with Gasteiger partial charge in [0, 0.05) is 37.1 Å². The first-order valence-corrected chi connectivity index (χ1v) is 7.71. The highest BCUT2D eigenvalue weighted by molar-refractivity contribution is 5.92. The fourth-order valence-corrected chi connectivity index (χ4v) is 3.68. The van der Waals surface area contributed by atoms with Crippen molar-refractivity contribution in [2.45, 2.75) is 45.3 Å². The Bertz CT molecular complexity index is 514. The van der Waals surface area contributed by atoms with Crippen molar-refractivity contribution in [2.24, 2.45) is 5.41 Å². The summed E-state index contributed by atoms with van der Waals surface area (Å²) in [6.07, 6.45) is 3.71. The number of nitrogens with zero attached hydrogens (tertiary/aromatic N) is 1. The average Bonchev–Trinajstić information content (AvgIpc) is 2.92. The number of likely N-dealkylation sites (tertiary alicyclic amines) is 1. The minimum Gasteiger partial charge on any atom is -0.459 e. The highest BCUT2D eigenvalue weighted by Gasteiger charge is 2.56. The number of carbonyl (C=O) groups excluding carboxylic acids is 1. The summed E-state index contributed by atoms with van der Waals surface area (Å²) >= 11 is 0. The Morgan fingerprint density at radius 2 is 2.24 bits per heavy atom. The van der Waals surface area contributed by atoms with E-state index >= 15 is 0 Å². The summed E-state index contributed by atoms with van der Waals surface area (Å²) < 4.78 is 11.0. The van der Waals surface area contributed by atoms with Gasteiger partial charge in [0.25, 0.3) is 5.91 Å². The van der Waals surface area contributed by atoms with Crippen LogP contribution in [-0.2, 0) is 4.74 Å². The molecule has 2 heterocycles. The number of ether oxygens (including phenoxy) is 1. The van der Waals surface area contributed by atoms with Crippen LogP contribution in [0.15, 0.2) is 16.7 Å². The normalized spacial score (nSPS) is 27.7. The molecule has 1 aliphatic heterocycles. The zero-order valence-corrected chi connectivity index (χ0v) is 12.7. The van der Waals surface area contributed by atoms with Gasteiger partial charge in [0.15, 0.2) is 5.76 Å². The van der Waals surface area contributed by atoms with Gasteiger partial charge in [-0.05, 0) is 32.8 Å². The van der Waals surface area contributed by atoms with E-state index in [1.807, 2.05) is 18.7 Å². The molecule has 0 unspecified atom stereocenters. The summed E-state index contributed by atoms with van der Waals surface area (Å²) in [6.45, 7) is 5.84. The lowest BCUT2D eigenvalue weighted by Crippen LogP contribution is -2.62. The van der Waals surface area contributed by atoms with Gasteiger partial charge < -0.3 is 19.2 Å². The molecule has 1 aromatic rings. The summed E-state index contributed by atoms with van der Waals surface area (Å²) in [7, 11) is 0. The van der Waals surface area contributed by atoms with E-state index in [4.69, 9.17) is 9.15 Å². The zero-order valence-electron chi connectivity index (χ0n) is 12.7. The molecule has 1 saturated carbocycles. The molecule has 0 bridgehead atoms. The van der Waals surface area contributed by atoms with Crippen LogP contribution < -0.4 is 0 Å². The molecule has 3 rings (SSSR count). The summed E-state index contributed by atoms with van der Waals surface area (Å²) in [6, 6.07) is 1.81. The van der Waals surface area contributed by atoms with Crippen molar-refractivity contribution in [3.05, 3.63) is 23.7 Å². The topological polar surface area (TPSA) is 62.9 Å². The van der Waals surface area contributed by atoms with Crippen molar-refractivity contribution in [3.63, 3.8) is 0 Å². The number of aliphatic hydroxyl groups is 1. The molecule has 1 spiro atoms. The quantitative estimate of drug-likeness (QED) is 0.925. The Morgan fingerprint density at radius 1 is 1.52 bits per heavy atom. The predicted octanol–water partition coefficient (Wildman–Crippen LogP) is 1.98. The molecule has 1 aliphatic carbocycles. The van der Waals surface area contributed by atoms with Crippen LogP contribution in [-0.4, -0.2) is 47.8 Å². The fourth-order valence-electron chi connectivity index (χ4n) is 3.68. The Labute approximate surface area is 124 Å². The van der Waals surface area contributed by atoms with Gasteiger partial charge in [-0.15, -0.1) is 0 Å². The van der Waals surface area contributed by atoms with Crippen LogP contribution in [0.2, 0.25) is 0 Å². The van der Waals surface area contributed by atoms with E-state index in [0.29, 0.717) is 25.5 Å². The maximum atomic E-state index is 12.4. The van der Waals surface area contributed by atoms with Crippen LogP contribution in [0.1, 0.15) is 42.3 Å². The van der Waals surface area contributed by atoms with E-state index in [9.17, 15) is 9.90 Å². The van der Waals surface area contributed by atoms with Crippen molar-refractivity contribution >= 4 is 5.91 Å².